The maximum absolute atomic E-state index is 12.9. The molecule has 5 rings (SSSR count). The molecule has 1 aliphatic heterocycles. The summed E-state index contributed by atoms with van der Waals surface area (Å²) >= 11 is 0. The summed E-state index contributed by atoms with van der Waals surface area (Å²) < 4.78 is 84.9. The van der Waals surface area contributed by atoms with Gasteiger partial charge in [0.25, 0.3) is 0 Å². The Morgan fingerprint density at radius 1 is 1.03 bits per heavy atom. The van der Waals surface area contributed by atoms with Crippen molar-refractivity contribution in [2.24, 2.45) is 12.0 Å². The second kappa shape index (κ2) is 9.11. The predicted molar refractivity (Wildman–Crippen MR) is 126 cm³/mol. The number of hydrogen-bond donors (Lipinski definition) is 3. The first kappa shape index (κ1) is 25.2. The van der Waals surface area contributed by atoms with Crippen LogP contribution in [0.1, 0.15) is 11.3 Å². The van der Waals surface area contributed by atoms with Gasteiger partial charge in [0, 0.05) is 25.4 Å². The second-order valence-corrected chi connectivity index (χ2v) is 8.41. The minimum atomic E-state index is -4.59. The Hall–Kier alpha value is -4.49. The SMILES string of the molecule is Cn1c(Nc2ccc(C(F)(F)F)cc2O)nc2cc(Oc3ccnc(C4=NCC(C(F)(F)F)N4)c3)ccc21. The van der Waals surface area contributed by atoms with E-state index >= 15 is 0 Å². The normalized spacial score (nSPS) is 15.9. The van der Waals surface area contributed by atoms with Crippen LogP contribution in [0.4, 0.5) is 38.0 Å². The molecular formula is C24H18F6N6O2. The van der Waals surface area contributed by atoms with E-state index in [0.29, 0.717) is 28.6 Å². The van der Waals surface area contributed by atoms with Crippen LogP contribution in [0.5, 0.6) is 17.2 Å². The van der Waals surface area contributed by atoms with Crippen molar-refractivity contribution in [1.29, 1.82) is 0 Å². The molecule has 4 aromatic rings. The number of aliphatic imine (C=N–C) groups is 1. The topological polar surface area (TPSA) is 96.6 Å². The van der Waals surface area contributed by atoms with Gasteiger partial charge in [-0.2, -0.15) is 26.3 Å². The molecule has 0 radical (unpaired) electrons. The highest BCUT2D eigenvalue weighted by atomic mass is 19.4. The Morgan fingerprint density at radius 2 is 1.79 bits per heavy atom. The summed E-state index contributed by atoms with van der Waals surface area (Å²) in [6.07, 6.45) is -7.64. The Kier molecular flexibility index (Phi) is 6.04. The number of rotatable bonds is 5. The van der Waals surface area contributed by atoms with Crippen LogP contribution in [0.3, 0.4) is 0 Å². The standard InChI is InChI=1S/C24H18F6N6O2/c1-36-18-5-3-13(38-14-6-7-31-17(10-14)21-32-11-20(35-21)24(28,29)30)9-16(18)34-22(36)33-15-4-2-12(8-19(15)37)23(25,26)27/h2-10,20,37H,11H2,1H3,(H,32,35)(H,33,34). The Labute approximate surface area is 210 Å². The van der Waals surface area contributed by atoms with Crippen LogP contribution in [0, 0.1) is 0 Å². The zero-order valence-electron chi connectivity index (χ0n) is 19.4. The number of halogens is 6. The number of hydrogen-bond acceptors (Lipinski definition) is 7. The fourth-order valence-corrected chi connectivity index (χ4v) is 3.81. The van der Waals surface area contributed by atoms with Gasteiger partial charge in [0.2, 0.25) is 5.95 Å². The van der Waals surface area contributed by atoms with Gasteiger partial charge in [-0.15, -0.1) is 0 Å². The van der Waals surface area contributed by atoms with Crippen molar-refractivity contribution in [2.45, 2.75) is 18.4 Å². The average molecular weight is 536 g/mol. The molecule has 0 amide bonds. The molecule has 3 N–H and O–H groups in total. The molecule has 3 heterocycles. The van der Waals surface area contributed by atoms with Crippen molar-refractivity contribution in [3.63, 3.8) is 0 Å². The van der Waals surface area contributed by atoms with Crippen molar-refractivity contribution in [3.05, 3.63) is 66.0 Å². The Balaban J connectivity index is 1.34. The van der Waals surface area contributed by atoms with Gasteiger partial charge in [0.15, 0.2) is 0 Å². The number of ether oxygens (including phenoxy) is 1. The van der Waals surface area contributed by atoms with Crippen LogP contribution in [-0.2, 0) is 13.2 Å². The fourth-order valence-electron chi connectivity index (χ4n) is 3.81. The largest absolute Gasteiger partial charge is 0.506 e. The molecule has 14 heteroatoms. The summed E-state index contributed by atoms with van der Waals surface area (Å²) in [7, 11) is 1.68. The maximum Gasteiger partial charge on any atom is 0.416 e. The third kappa shape index (κ3) is 5.01. The quantitative estimate of drug-likeness (QED) is 0.230. The molecular weight excluding hydrogens is 518 g/mol. The molecule has 198 valence electrons. The first-order valence-corrected chi connectivity index (χ1v) is 11.0. The van der Waals surface area contributed by atoms with Crippen molar-refractivity contribution in [2.75, 3.05) is 11.9 Å². The lowest BCUT2D eigenvalue weighted by Crippen LogP contribution is -2.42. The van der Waals surface area contributed by atoms with E-state index in [4.69, 9.17) is 4.74 Å². The molecule has 2 aromatic carbocycles. The smallest absolute Gasteiger partial charge is 0.416 e. The van der Waals surface area contributed by atoms with Crippen molar-refractivity contribution >= 4 is 28.5 Å². The molecule has 0 saturated carbocycles. The van der Waals surface area contributed by atoms with Crippen LogP contribution in [-0.4, -0.2) is 44.2 Å². The second-order valence-electron chi connectivity index (χ2n) is 8.41. The molecule has 0 aliphatic carbocycles. The number of aryl methyl sites for hydroxylation is 1. The summed E-state index contributed by atoms with van der Waals surface area (Å²) in [5, 5.41) is 15.2. The molecule has 0 bridgehead atoms. The zero-order chi connectivity index (χ0) is 27.2. The molecule has 0 saturated heterocycles. The third-order valence-electron chi connectivity index (χ3n) is 5.77. The number of imidazole rings is 1. The fraction of sp³-hybridized carbons (Fsp3) is 0.208. The van der Waals surface area contributed by atoms with Crippen LogP contribution in [0.2, 0.25) is 0 Å². The molecule has 0 fully saturated rings. The van der Waals surface area contributed by atoms with Crippen LogP contribution >= 0.6 is 0 Å². The highest BCUT2D eigenvalue weighted by molar-refractivity contribution is 5.98. The first-order valence-electron chi connectivity index (χ1n) is 11.0. The predicted octanol–water partition coefficient (Wildman–Crippen LogP) is 5.51. The number of nitrogens with one attached hydrogen (secondary N) is 2. The minimum absolute atomic E-state index is 0.0141. The lowest BCUT2D eigenvalue weighted by Gasteiger charge is -2.15. The molecule has 0 spiro atoms. The lowest BCUT2D eigenvalue weighted by molar-refractivity contribution is -0.147. The van der Waals surface area contributed by atoms with Gasteiger partial charge in [-0.05, 0) is 36.4 Å². The van der Waals surface area contributed by atoms with Gasteiger partial charge < -0.3 is 25.0 Å². The summed E-state index contributed by atoms with van der Waals surface area (Å²) in [5.74, 6) is 0.347. The van der Waals surface area contributed by atoms with Crippen molar-refractivity contribution < 1.29 is 36.2 Å². The summed E-state index contributed by atoms with van der Waals surface area (Å²) in [6, 6.07) is 8.74. The van der Waals surface area contributed by atoms with Crippen LogP contribution in [0.15, 0.2) is 59.7 Å². The number of benzene rings is 2. The number of nitrogens with zero attached hydrogens (tertiary/aromatic N) is 4. The maximum atomic E-state index is 12.9. The van der Waals surface area contributed by atoms with Crippen molar-refractivity contribution in [3.8, 4) is 17.2 Å². The number of amidine groups is 1. The number of pyridine rings is 1. The number of fused-ring (bicyclic) bond motifs is 1. The zero-order valence-corrected chi connectivity index (χ0v) is 19.4. The van der Waals surface area contributed by atoms with E-state index in [2.05, 4.69) is 25.6 Å². The minimum Gasteiger partial charge on any atom is -0.506 e. The van der Waals surface area contributed by atoms with E-state index < -0.39 is 36.3 Å². The molecule has 2 aromatic heterocycles. The third-order valence-corrected chi connectivity index (χ3v) is 5.77. The molecule has 1 aliphatic rings. The van der Waals surface area contributed by atoms with E-state index in [1.54, 1.807) is 29.8 Å². The average Bonchev–Trinajstić information content (AvgIpc) is 3.46. The van der Waals surface area contributed by atoms with Gasteiger partial charge in [0.1, 0.15) is 34.8 Å². The highest BCUT2D eigenvalue weighted by Crippen LogP contribution is 2.36. The number of alkyl halides is 6. The van der Waals surface area contributed by atoms with E-state index in [9.17, 15) is 31.4 Å². The van der Waals surface area contributed by atoms with Gasteiger partial charge in [-0.3, -0.25) is 9.98 Å². The molecule has 8 nitrogen and oxygen atoms in total. The van der Waals surface area contributed by atoms with E-state index in [1.807, 2.05) is 0 Å². The van der Waals surface area contributed by atoms with Gasteiger partial charge in [-0.25, -0.2) is 4.98 Å². The summed E-state index contributed by atoms with van der Waals surface area (Å²) in [6.45, 7) is -0.442. The number of phenolic OH excluding ortho intramolecular Hbond substituents is 1. The lowest BCUT2D eigenvalue weighted by atomic mass is 10.2. The molecule has 1 unspecified atom stereocenters. The Morgan fingerprint density at radius 3 is 2.47 bits per heavy atom. The van der Waals surface area contributed by atoms with Crippen molar-refractivity contribution in [1.82, 2.24) is 19.9 Å². The number of anilines is 2. The number of aromatic nitrogens is 3. The Bertz CT molecular complexity index is 1550. The monoisotopic (exact) mass is 536 g/mol. The van der Waals surface area contributed by atoms with E-state index in [0.717, 1.165) is 12.1 Å². The number of phenols is 1. The van der Waals surface area contributed by atoms with E-state index in [-0.39, 0.29) is 23.2 Å². The van der Waals surface area contributed by atoms with Gasteiger partial charge in [-0.1, -0.05) is 0 Å². The molecule has 38 heavy (non-hydrogen) atoms. The van der Waals surface area contributed by atoms with Gasteiger partial charge >= 0.3 is 12.4 Å². The van der Waals surface area contributed by atoms with Crippen LogP contribution < -0.4 is 15.4 Å². The first-order chi connectivity index (χ1) is 17.9. The van der Waals surface area contributed by atoms with E-state index in [1.165, 1.54) is 18.3 Å². The highest BCUT2D eigenvalue weighted by Gasteiger charge is 2.42. The van der Waals surface area contributed by atoms with Gasteiger partial charge in [0.05, 0.1) is 28.8 Å². The van der Waals surface area contributed by atoms with Crippen LogP contribution in [0.25, 0.3) is 11.0 Å². The summed E-state index contributed by atoms with van der Waals surface area (Å²) in [5.41, 5.74) is 0.374. The molecule has 1 atom stereocenters. The number of aromatic hydroxyl groups is 1. The summed E-state index contributed by atoms with van der Waals surface area (Å²) in [4.78, 5) is 12.4.